The first-order chi connectivity index (χ1) is 11.5. The summed E-state index contributed by atoms with van der Waals surface area (Å²) < 4.78 is 7.01. The van der Waals surface area contributed by atoms with Crippen molar-refractivity contribution in [1.29, 1.82) is 0 Å². The molecule has 24 heavy (non-hydrogen) atoms. The van der Waals surface area contributed by atoms with Crippen LogP contribution in [0.1, 0.15) is 12.6 Å². The Morgan fingerprint density at radius 3 is 2.79 bits per heavy atom. The molecule has 1 aliphatic rings. The Kier molecular flexibility index (Phi) is 4.97. The highest BCUT2D eigenvalue weighted by molar-refractivity contribution is 6.29. The van der Waals surface area contributed by atoms with Gasteiger partial charge in [0.15, 0.2) is 23.2 Å². The fourth-order valence-electron chi connectivity index (χ4n) is 2.59. The Labute approximate surface area is 142 Å². The van der Waals surface area contributed by atoms with Gasteiger partial charge in [0.05, 0.1) is 12.9 Å². The lowest BCUT2D eigenvalue weighted by molar-refractivity contribution is -0.0511. The third-order valence-corrected chi connectivity index (χ3v) is 4.03. The third-order valence-electron chi connectivity index (χ3n) is 3.84. The van der Waals surface area contributed by atoms with E-state index >= 15 is 0 Å². The predicted octanol–water partition coefficient (Wildman–Crippen LogP) is -0.00770. The molecule has 0 radical (unpaired) electrons. The van der Waals surface area contributed by atoms with E-state index < -0.39 is 31.1 Å². The minimum absolute atomic E-state index is 0.397. The van der Waals surface area contributed by atoms with Crippen molar-refractivity contribution < 1.29 is 20.1 Å². The third kappa shape index (κ3) is 3.08. The summed E-state index contributed by atoms with van der Waals surface area (Å²) in [5, 5.41) is 32.9. The summed E-state index contributed by atoms with van der Waals surface area (Å²) >= 11 is 5.73. The molecule has 0 bridgehead atoms. The summed E-state index contributed by atoms with van der Waals surface area (Å²) in [4.78, 5) is 12.6. The molecule has 3 heterocycles. The topological polar surface area (TPSA) is 126 Å². The number of aliphatic hydroxyl groups excluding tert-OH is 3. The van der Waals surface area contributed by atoms with Gasteiger partial charge < -0.3 is 25.4 Å². The van der Waals surface area contributed by atoms with Gasteiger partial charge in [0, 0.05) is 11.6 Å². The number of aliphatic hydroxyl groups is 3. The number of hydrogen-bond donors (Lipinski definition) is 4. The SMILES string of the molecule is C=C(Cl)CCNc1ncnc2c1ncn2[C@@H]1O[C@H](CO)[C@@H](O)[C@H]1O. The Morgan fingerprint density at radius 2 is 2.12 bits per heavy atom. The van der Waals surface area contributed by atoms with Crippen molar-refractivity contribution in [1.82, 2.24) is 19.5 Å². The average molecular weight is 356 g/mol. The van der Waals surface area contributed by atoms with E-state index in [-0.39, 0.29) is 0 Å². The van der Waals surface area contributed by atoms with E-state index in [0.717, 1.165) is 0 Å². The molecule has 0 aliphatic carbocycles. The standard InChI is InChI=1S/C14H18ClN5O4/c1-7(15)2-3-16-12-9-13(18-5-17-12)20(6-19-9)14-11(23)10(22)8(4-21)24-14/h5-6,8,10-11,14,21-23H,1-4H2,(H,16,17,18)/t8-,10-,11-,14-/m1/s1. The number of nitrogens with one attached hydrogen (secondary N) is 1. The van der Waals surface area contributed by atoms with Crippen LogP contribution in [0.5, 0.6) is 0 Å². The summed E-state index contributed by atoms with van der Waals surface area (Å²) in [6.07, 6.45) is -0.769. The minimum atomic E-state index is -1.20. The summed E-state index contributed by atoms with van der Waals surface area (Å²) in [7, 11) is 0. The van der Waals surface area contributed by atoms with Crippen LogP contribution in [0.4, 0.5) is 5.82 Å². The first-order valence-electron chi connectivity index (χ1n) is 7.40. The highest BCUT2D eigenvalue weighted by Crippen LogP contribution is 2.32. The second kappa shape index (κ2) is 6.99. The molecule has 2 aromatic rings. The van der Waals surface area contributed by atoms with Crippen LogP contribution in [0.3, 0.4) is 0 Å². The van der Waals surface area contributed by atoms with Crippen molar-refractivity contribution in [2.75, 3.05) is 18.5 Å². The number of anilines is 1. The highest BCUT2D eigenvalue weighted by atomic mass is 35.5. The molecule has 10 heteroatoms. The summed E-state index contributed by atoms with van der Waals surface area (Å²) in [6.45, 7) is 3.76. The number of aromatic nitrogens is 4. The van der Waals surface area contributed by atoms with Gasteiger partial charge in [0.25, 0.3) is 0 Å². The van der Waals surface area contributed by atoms with Crippen molar-refractivity contribution >= 4 is 28.6 Å². The van der Waals surface area contributed by atoms with E-state index in [1.165, 1.54) is 17.2 Å². The molecule has 0 aromatic carbocycles. The molecule has 1 saturated heterocycles. The fourth-order valence-corrected chi connectivity index (χ4v) is 2.69. The van der Waals surface area contributed by atoms with E-state index in [1.54, 1.807) is 0 Å². The monoisotopic (exact) mass is 355 g/mol. The Morgan fingerprint density at radius 1 is 1.33 bits per heavy atom. The van der Waals surface area contributed by atoms with Gasteiger partial charge in [-0.1, -0.05) is 18.2 Å². The van der Waals surface area contributed by atoms with Crippen molar-refractivity contribution in [3.63, 3.8) is 0 Å². The van der Waals surface area contributed by atoms with Crippen LogP contribution in [0.15, 0.2) is 24.3 Å². The first-order valence-corrected chi connectivity index (χ1v) is 7.78. The van der Waals surface area contributed by atoms with Gasteiger partial charge in [-0.2, -0.15) is 0 Å². The van der Waals surface area contributed by atoms with Gasteiger partial charge in [-0.15, -0.1) is 0 Å². The fraction of sp³-hybridized carbons (Fsp3) is 0.500. The molecular formula is C14H18ClN5O4. The van der Waals surface area contributed by atoms with Crippen molar-refractivity contribution in [3.8, 4) is 0 Å². The quantitative estimate of drug-likeness (QED) is 0.570. The number of fused-ring (bicyclic) bond motifs is 1. The van der Waals surface area contributed by atoms with Crippen molar-refractivity contribution in [2.45, 2.75) is 31.0 Å². The van der Waals surface area contributed by atoms with E-state index in [2.05, 4.69) is 26.8 Å². The van der Waals surface area contributed by atoms with Gasteiger partial charge in [-0.05, 0) is 6.42 Å². The maximum absolute atomic E-state index is 10.1. The number of nitrogens with zero attached hydrogens (tertiary/aromatic N) is 4. The van der Waals surface area contributed by atoms with Crippen LogP contribution < -0.4 is 5.32 Å². The molecule has 0 amide bonds. The minimum Gasteiger partial charge on any atom is -0.394 e. The molecular weight excluding hydrogens is 338 g/mol. The van der Waals surface area contributed by atoms with Crippen molar-refractivity contribution in [3.05, 3.63) is 24.3 Å². The molecule has 0 spiro atoms. The van der Waals surface area contributed by atoms with E-state index in [9.17, 15) is 15.3 Å². The molecule has 4 N–H and O–H groups in total. The smallest absolute Gasteiger partial charge is 0.167 e. The number of rotatable bonds is 6. The van der Waals surface area contributed by atoms with E-state index in [1.807, 2.05) is 0 Å². The zero-order valence-corrected chi connectivity index (χ0v) is 13.5. The number of ether oxygens (including phenoxy) is 1. The highest BCUT2D eigenvalue weighted by Gasteiger charge is 2.44. The largest absolute Gasteiger partial charge is 0.394 e. The van der Waals surface area contributed by atoms with Crippen LogP contribution in [0, 0.1) is 0 Å². The predicted molar refractivity (Wildman–Crippen MR) is 86.4 cm³/mol. The number of imidazole rings is 1. The van der Waals surface area contributed by atoms with Gasteiger partial charge in [0.2, 0.25) is 0 Å². The maximum atomic E-state index is 10.1. The van der Waals surface area contributed by atoms with Gasteiger partial charge in [0.1, 0.15) is 24.6 Å². The zero-order chi connectivity index (χ0) is 17.3. The van der Waals surface area contributed by atoms with Crippen LogP contribution in [0.2, 0.25) is 0 Å². The lowest BCUT2D eigenvalue weighted by atomic mass is 10.1. The molecule has 1 fully saturated rings. The molecule has 3 rings (SSSR count). The molecule has 0 unspecified atom stereocenters. The van der Waals surface area contributed by atoms with Crippen LogP contribution in [-0.2, 0) is 4.74 Å². The van der Waals surface area contributed by atoms with E-state index in [4.69, 9.17) is 16.3 Å². The van der Waals surface area contributed by atoms with Gasteiger partial charge >= 0.3 is 0 Å². The van der Waals surface area contributed by atoms with E-state index in [0.29, 0.717) is 35.0 Å². The molecule has 2 aromatic heterocycles. The molecule has 9 nitrogen and oxygen atoms in total. The summed E-state index contributed by atoms with van der Waals surface area (Å²) in [6, 6.07) is 0. The van der Waals surface area contributed by atoms with Crippen LogP contribution in [-0.4, -0.2) is 66.3 Å². The average Bonchev–Trinajstić information content (AvgIpc) is 3.10. The summed E-state index contributed by atoms with van der Waals surface area (Å²) in [5.74, 6) is 0.517. The Hall–Kier alpha value is -1.78. The first kappa shape index (κ1) is 17.1. The van der Waals surface area contributed by atoms with Gasteiger partial charge in [-0.3, -0.25) is 4.57 Å². The normalized spacial score (nSPS) is 26.8. The molecule has 0 saturated carbocycles. The second-order valence-electron chi connectivity index (χ2n) is 5.47. The second-order valence-corrected chi connectivity index (χ2v) is 6.00. The van der Waals surface area contributed by atoms with Gasteiger partial charge in [-0.25, -0.2) is 15.0 Å². The summed E-state index contributed by atoms with van der Waals surface area (Å²) in [5.41, 5.74) is 0.933. The molecule has 130 valence electrons. The molecule has 4 atom stereocenters. The molecule has 1 aliphatic heterocycles. The van der Waals surface area contributed by atoms with Crippen molar-refractivity contribution in [2.24, 2.45) is 0 Å². The lowest BCUT2D eigenvalue weighted by Crippen LogP contribution is -2.33. The van der Waals surface area contributed by atoms with Crippen LogP contribution in [0.25, 0.3) is 11.2 Å². The number of halogens is 1. The number of hydrogen-bond acceptors (Lipinski definition) is 8. The lowest BCUT2D eigenvalue weighted by Gasteiger charge is -2.16. The Balaban J connectivity index is 1.87. The zero-order valence-electron chi connectivity index (χ0n) is 12.7. The Bertz CT molecular complexity index is 739. The van der Waals surface area contributed by atoms with Crippen LogP contribution >= 0.6 is 11.6 Å². The maximum Gasteiger partial charge on any atom is 0.167 e.